The fraction of sp³-hybridized carbons (Fsp3) is 0.364. The lowest BCUT2D eigenvalue weighted by atomic mass is 10.1. The summed E-state index contributed by atoms with van der Waals surface area (Å²) in [5, 5.41) is 2.88. The van der Waals surface area contributed by atoms with Crippen LogP contribution in [0.2, 0.25) is 0 Å². The summed E-state index contributed by atoms with van der Waals surface area (Å²) in [5.41, 5.74) is 2.04. The summed E-state index contributed by atoms with van der Waals surface area (Å²) < 4.78 is 18.1. The zero-order chi connectivity index (χ0) is 20.4. The van der Waals surface area contributed by atoms with Crippen LogP contribution in [0, 0.1) is 5.82 Å². The molecule has 0 fully saturated rings. The minimum atomic E-state index is -0.280. The molecule has 6 heteroatoms. The Morgan fingerprint density at radius 1 is 1.04 bits per heavy atom. The Bertz CT molecular complexity index is 778. The van der Waals surface area contributed by atoms with Gasteiger partial charge in [0.15, 0.2) is 0 Å². The van der Waals surface area contributed by atoms with Crippen LogP contribution in [0.25, 0.3) is 0 Å². The third-order valence-corrected chi connectivity index (χ3v) is 4.51. The van der Waals surface area contributed by atoms with Gasteiger partial charge in [-0.3, -0.25) is 9.59 Å². The van der Waals surface area contributed by atoms with E-state index in [2.05, 4.69) is 5.32 Å². The maximum atomic E-state index is 13.0. The third kappa shape index (κ3) is 7.39. The molecule has 0 aliphatic rings. The third-order valence-electron chi connectivity index (χ3n) is 4.51. The molecule has 0 saturated carbocycles. The summed E-state index contributed by atoms with van der Waals surface area (Å²) in [6.07, 6.45) is 1.59. The second kappa shape index (κ2) is 11.1. The highest BCUT2D eigenvalue weighted by molar-refractivity contribution is 5.78. The first-order valence-corrected chi connectivity index (χ1v) is 9.37. The van der Waals surface area contributed by atoms with E-state index in [4.69, 9.17) is 4.74 Å². The van der Waals surface area contributed by atoms with Gasteiger partial charge in [-0.05, 0) is 48.2 Å². The molecular weight excluding hydrogens is 359 g/mol. The number of hydrogen-bond donors (Lipinski definition) is 1. The summed E-state index contributed by atoms with van der Waals surface area (Å²) in [6, 6.07) is 14.0. The van der Waals surface area contributed by atoms with Crippen molar-refractivity contribution in [2.45, 2.75) is 26.2 Å². The summed E-state index contributed by atoms with van der Waals surface area (Å²) in [6.45, 7) is 2.88. The number of methoxy groups -OCH3 is 1. The monoisotopic (exact) mass is 386 g/mol. The van der Waals surface area contributed by atoms with Gasteiger partial charge in [-0.15, -0.1) is 0 Å². The number of rotatable bonds is 10. The maximum absolute atomic E-state index is 13.0. The van der Waals surface area contributed by atoms with Crippen molar-refractivity contribution in [3.8, 4) is 5.75 Å². The van der Waals surface area contributed by atoms with Crippen molar-refractivity contribution in [2.24, 2.45) is 0 Å². The molecule has 0 aromatic heterocycles. The molecule has 5 nitrogen and oxygen atoms in total. The Labute approximate surface area is 165 Å². The van der Waals surface area contributed by atoms with Crippen molar-refractivity contribution in [3.05, 3.63) is 65.5 Å². The van der Waals surface area contributed by atoms with E-state index in [9.17, 15) is 14.0 Å². The highest BCUT2D eigenvalue weighted by atomic mass is 19.1. The average Bonchev–Trinajstić information content (AvgIpc) is 2.69. The van der Waals surface area contributed by atoms with E-state index in [1.807, 2.05) is 24.3 Å². The van der Waals surface area contributed by atoms with E-state index in [0.717, 1.165) is 16.9 Å². The first kappa shape index (κ1) is 21.4. The van der Waals surface area contributed by atoms with Gasteiger partial charge >= 0.3 is 0 Å². The molecule has 0 saturated heterocycles. The van der Waals surface area contributed by atoms with Crippen LogP contribution in [-0.4, -0.2) is 43.5 Å². The topological polar surface area (TPSA) is 58.6 Å². The Morgan fingerprint density at radius 3 is 2.46 bits per heavy atom. The maximum Gasteiger partial charge on any atom is 0.221 e. The van der Waals surface area contributed by atoms with Gasteiger partial charge in [0.05, 0.1) is 7.11 Å². The zero-order valence-electron chi connectivity index (χ0n) is 16.4. The SMILES string of the molecule is COc1cccc(CCNC(=O)CCN(CCc2ccc(F)cc2)C(C)=O)c1. The Hall–Kier alpha value is -2.89. The summed E-state index contributed by atoms with van der Waals surface area (Å²) in [7, 11) is 1.62. The Morgan fingerprint density at radius 2 is 1.79 bits per heavy atom. The lowest BCUT2D eigenvalue weighted by molar-refractivity contribution is -0.129. The number of carbonyl (C=O) groups excluding carboxylic acids is 2. The molecule has 2 aromatic rings. The lowest BCUT2D eigenvalue weighted by Crippen LogP contribution is -2.35. The van der Waals surface area contributed by atoms with Crippen LogP contribution < -0.4 is 10.1 Å². The van der Waals surface area contributed by atoms with Gasteiger partial charge in [-0.2, -0.15) is 0 Å². The number of nitrogens with one attached hydrogen (secondary N) is 1. The molecule has 0 radical (unpaired) electrons. The number of amides is 2. The molecule has 0 aliphatic carbocycles. The van der Waals surface area contributed by atoms with Crippen LogP contribution in [-0.2, 0) is 22.4 Å². The lowest BCUT2D eigenvalue weighted by Gasteiger charge is -2.21. The average molecular weight is 386 g/mol. The van der Waals surface area contributed by atoms with E-state index >= 15 is 0 Å². The quantitative estimate of drug-likeness (QED) is 0.683. The van der Waals surface area contributed by atoms with Gasteiger partial charge in [0.25, 0.3) is 0 Å². The Kier molecular flexibility index (Phi) is 8.46. The van der Waals surface area contributed by atoms with Crippen LogP contribution in [0.1, 0.15) is 24.5 Å². The van der Waals surface area contributed by atoms with Crippen molar-refractivity contribution in [2.75, 3.05) is 26.7 Å². The Balaban J connectivity index is 1.72. The van der Waals surface area contributed by atoms with Gasteiger partial charge in [0.2, 0.25) is 11.8 Å². The van der Waals surface area contributed by atoms with Crippen molar-refractivity contribution < 1.29 is 18.7 Å². The molecule has 0 unspecified atom stereocenters. The number of benzene rings is 2. The van der Waals surface area contributed by atoms with Gasteiger partial charge in [0, 0.05) is 33.0 Å². The van der Waals surface area contributed by atoms with Gasteiger partial charge in [0.1, 0.15) is 11.6 Å². The molecule has 2 aromatic carbocycles. The van der Waals surface area contributed by atoms with Gasteiger partial charge < -0.3 is 15.0 Å². The molecule has 2 rings (SSSR count). The fourth-order valence-corrected chi connectivity index (χ4v) is 2.84. The predicted octanol–water partition coefficient (Wildman–Crippen LogP) is 2.97. The first-order valence-electron chi connectivity index (χ1n) is 9.37. The fourth-order valence-electron chi connectivity index (χ4n) is 2.84. The van der Waals surface area contributed by atoms with E-state index in [1.54, 1.807) is 24.1 Å². The second-order valence-electron chi connectivity index (χ2n) is 6.58. The van der Waals surface area contributed by atoms with E-state index in [0.29, 0.717) is 32.5 Å². The molecule has 28 heavy (non-hydrogen) atoms. The molecular formula is C22H27FN2O3. The molecule has 0 bridgehead atoms. The molecule has 0 spiro atoms. The molecule has 0 heterocycles. The molecule has 0 atom stereocenters. The first-order chi connectivity index (χ1) is 13.5. The number of ether oxygens (including phenoxy) is 1. The largest absolute Gasteiger partial charge is 0.497 e. The summed E-state index contributed by atoms with van der Waals surface area (Å²) in [4.78, 5) is 25.5. The second-order valence-corrected chi connectivity index (χ2v) is 6.58. The zero-order valence-corrected chi connectivity index (χ0v) is 16.4. The standard InChI is InChI=1S/C22H27FN2O3/c1-17(26)25(14-11-18-6-8-20(23)9-7-18)15-12-22(27)24-13-10-19-4-3-5-21(16-19)28-2/h3-9,16H,10-15H2,1-2H3,(H,24,27). The van der Waals surface area contributed by atoms with E-state index in [1.165, 1.54) is 19.1 Å². The smallest absolute Gasteiger partial charge is 0.221 e. The van der Waals surface area contributed by atoms with Crippen LogP contribution in [0.15, 0.2) is 48.5 Å². The number of carbonyl (C=O) groups is 2. The van der Waals surface area contributed by atoms with Crippen LogP contribution in [0.4, 0.5) is 4.39 Å². The number of hydrogen-bond acceptors (Lipinski definition) is 3. The van der Waals surface area contributed by atoms with Crippen molar-refractivity contribution in [1.29, 1.82) is 0 Å². The molecule has 2 amide bonds. The highest BCUT2D eigenvalue weighted by Gasteiger charge is 2.11. The van der Waals surface area contributed by atoms with Crippen LogP contribution in [0.3, 0.4) is 0 Å². The van der Waals surface area contributed by atoms with Crippen LogP contribution in [0.5, 0.6) is 5.75 Å². The van der Waals surface area contributed by atoms with Gasteiger partial charge in [-0.25, -0.2) is 4.39 Å². The van der Waals surface area contributed by atoms with Crippen molar-refractivity contribution >= 4 is 11.8 Å². The summed E-state index contributed by atoms with van der Waals surface area (Å²) in [5.74, 6) is 0.349. The minimum absolute atomic E-state index is 0.0775. The molecule has 0 aliphatic heterocycles. The van der Waals surface area contributed by atoms with Crippen LogP contribution >= 0.6 is 0 Å². The number of nitrogens with zero attached hydrogens (tertiary/aromatic N) is 1. The molecule has 150 valence electrons. The van der Waals surface area contributed by atoms with Crippen molar-refractivity contribution in [1.82, 2.24) is 10.2 Å². The van der Waals surface area contributed by atoms with E-state index < -0.39 is 0 Å². The van der Waals surface area contributed by atoms with E-state index in [-0.39, 0.29) is 24.1 Å². The van der Waals surface area contributed by atoms with Crippen molar-refractivity contribution in [3.63, 3.8) is 0 Å². The summed E-state index contributed by atoms with van der Waals surface area (Å²) >= 11 is 0. The van der Waals surface area contributed by atoms with Gasteiger partial charge in [-0.1, -0.05) is 24.3 Å². The highest BCUT2D eigenvalue weighted by Crippen LogP contribution is 2.12. The normalized spacial score (nSPS) is 10.4. The minimum Gasteiger partial charge on any atom is -0.497 e. The number of halogens is 1. The predicted molar refractivity (Wildman–Crippen MR) is 107 cm³/mol. The molecule has 1 N–H and O–H groups in total.